The van der Waals surface area contributed by atoms with Crippen LogP contribution in [0.25, 0.3) is 0 Å². The monoisotopic (exact) mass is 591 g/mol. The number of hydrogen-bond donors (Lipinski definition) is 1. The molecule has 246 valence electrons. The van der Waals surface area contributed by atoms with E-state index in [0.29, 0.717) is 18.8 Å². The fourth-order valence-electron chi connectivity index (χ4n) is 6.16. The second kappa shape index (κ2) is 28.4. The van der Waals surface area contributed by atoms with Crippen molar-refractivity contribution in [2.75, 3.05) is 13.1 Å². The topological polar surface area (TPSA) is 67.8 Å². The Morgan fingerprint density at radius 1 is 0.643 bits per heavy atom. The molecule has 0 aromatic rings. The van der Waals surface area contributed by atoms with Crippen LogP contribution >= 0.6 is 0 Å². The number of carbonyl (C=O) groups excluding carboxylic acids is 2. The van der Waals surface area contributed by atoms with Gasteiger partial charge in [-0.1, -0.05) is 168 Å². The molecular weight excluding hydrogens is 520 g/mol. The van der Waals surface area contributed by atoms with Crippen LogP contribution in [-0.2, 0) is 14.3 Å². The SMILES string of the molecule is CCCCCCCCCCCCCCCCCC(=O)OC(C)C(CCCCCCCCCCCC)C(=O)C1=NCCN1. The minimum atomic E-state index is -0.398. The Hall–Kier alpha value is -1.39. The van der Waals surface area contributed by atoms with E-state index in [2.05, 4.69) is 24.2 Å². The van der Waals surface area contributed by atoms with Crippen molar-refractivity contribution in [3.8, 4) is 0 Å². The number of rotatable bonds is 31. The van der Waals surface area contributed by atoms with Gasteiger partial charge in [-0.3, -0.25) is 14.6 Å². The zero-order chi connectivity index (χ0) is 30.5. The van der Waals surface area contributed by atoms with Gasteiger partial charge in [0.2, 0.25) is 5.78 Å². The molecule has 5 heteroatoms. The Labute approximate surface area is 261 Å². The van der Waals surface area contributed by atoms with Gasteiger partial charge >= 0.3 is 5.97 Å². The molecule has 0 spiro atoms. The van der Waals surface area contributed by atoms with E-state index in [1.165, 1.54) is 135 Å². The number of unbranched alkanes of at least 4 members (excludes halogenated alkanes) is 23. The lowest BCUT2D eigenvalue weighted by atomic mass is 9.90. The van der Waals surface area contributed by atoms with Crippen LogP contribution in [0.5, 0.6) is 0 Å². The van der Waals surface area contributed by atoms with E-state index in [0.717, 1.165) is 38.6 Å². The third-order valence-electron chi connectivity index (χ3n) is 8.98. The van der Waals surface area contributed by atoms with Gasteiger partial charge in [0.05, 0.1) is 12.5 Å². The number of aliphatic imine (C=N–C) groups is 1. The molecule has 0 amide bonds. The van der Waals surface area contributed by atoms with Gasteiger partial charge in [0, 0.05) is 13.0 Å². The number of hydrogen-bond acceptors (Lipinski definition) is 5. The number of Topliss-reactive ketones (excluding diaryl/α,β-unsaturated/α-hetero) is 1. The first-order valence-corrected chi connectivity index (χ1v) is 18.6. The number of amidine groups is 1. The predicted molar refractivity (Wildman–Crippen MR) is 180 cm³/mol. The number of esters is 1. The molecule has 1 rings (SSSR count). The lowest BCUT2D eigenvalue weighted by Gasteiger charge is -2.23. The highest BCUT2D eigenvalue weighted by molar-refractivity contribution is 6.40. The molecule has 0 bridgehead atoms. The molecule has 42 heavy (non-hydrogen) atoms. The minimum absolute atomic E-state index is 0.0238. The third-order valence-corrected chi connectivity index (χ3v) is 8.98. The summed E-state index contributed by atoms with van der Waals surface area (Å²) >= 11 is 0. The largest absolute Gasteiger partial charge is 0.462 e. The van der Waals surface area contributed by atoms with Crippen LogP contribution in [0.3, 0.4) is 0 Å². The van der Waals surface area contributed by atoms with Crippen LogP contribution in [0.2, 0.25) is 0 Å². The van der Waals surface area contributed by atoms with Crippen LogP contribution in [0.4, 0.5) is 0 Å². The maximum absolute atomic E-state index is 13.2. The molecule has 1 aliphatic heterocycles. The fraction of sp³-hybridized carbons (Fsp3) is 0.919. The van der Waals surface area contributed by atoms with Crippen molar-refractivity contribution in [3.05, 3.63) is 0 Å². The Balaban J connectivity index is 2.15. The van der Waals surface area contributed by atoms with Crippen molar-refractivity contribution in [3.63, 3.8) is 0 Å². The standard InChI is InChI=1S/C37H70N2O3/c1-4-6-8-10-12-14-16-17-18-19-20-22-24-26-28-30-35(40)42-33(3)34(36(41)37-38-31-32-39-37)29-27-25-23-21-15-13-11-9-7-5-2/h33-34H,4-32H2,1-3H3,(H,38,39). The lowest BCUT2D eigenvalue weighted by Crippen LogP contribution is -2.39. The molecular formula is C37H70N2O3. The molecule has 1 N–H and O–H groups in total. The number of ketones is 1. The summed E-state index contributed by atoms with van der Waals surface area (Å²) in [5.74, 6) is 0.0564. The van der Waals surface area contributed by atoms with Gasteiger partial charge in [0.25, 0.3) is 0 Å². The molecule has 0 aromatic carbocycles. The average Bonchev–Trinajstić information content (AvgIpc) is 3.53. The van der Waals surface area contributed by atoms with E-state index in [9.17, 15) is 9.59 Å². The number of nitrogens with one attached hydrogen (secondary N) is 1. The lowest BCUT2D eigenvalue weighted by molar-refractivity contribution is -0.152. The second-order valence-electron chi connectivity index (χ2n) is 13.0. The zero-order valence-electron chi connectivity index (χ0n) is 28.3. The highest BCUT2D eigenvalue weighted by atomic mass is 16.5. The average molecular weight is 591 g/mol. The first-order valence-electron chi connectivity index (χ1n) is 18.6. The van der Waals surface area contributed by atoms with Gasteiger partial charge in [0.1, 0.15) is 6.10 Å². The quantitative estimate of drug-likeness (QED) is 0.0644. The van der Waals surface area contributed by atoms with Crippen LogP contribution in [0, 0.1) is 5.92 Å². The van der Waals surface area contributed by atoms with Gasteiger partial charge < -0.3 is 10.1 Å². The highest BCUT2D eigenvalue weighted by Gasteiger charge is 2.31. The van der Waals surface area contributed by atoms with E-state index in [1.54, 1.807) is 0 Å². The Morgan fingerprint density at radius 3 is 1.45 bits per heavy atom. The Morgan fingerprint density at radius 2 is 1.05 bits per heavy atom. The van der Waals surface area contributed by atoms with Gasteiger partial charge in [0.15, 0.2) is 5.84 Å². The molecule has 5 nitrogen and oxygen atoms in total. The van der Waals surface area contributed by atoms with E-state index in [4.69, 9.17) is 4.74 Å². The normalized spacial score (nSPS) is 14.4. The summed E-state index contributed by atoms with van der Waals surface area (Å²) in [6, 6.07) is 0. The number of carbonyl (C=O) groups is 2. The number of nitrogens with zero attached hydrogens (tertiary/aromatic N) is 1. The Kier molecular flexibility index (Phi) is 26.1. The maximum Gasteiger partial charge on any atom is 0.306 e. The first-order chi connectivity index (χ1) is 20.6. The van der Waals surface area contributed by atoms with E-state index in [1.807, 2.05) is 6.92 Å². The van der Waals surface area contributed by atoms with Gasteiger partial charge in [-0.2, -0.15) is 0 Å². The highest BCUT2D eigenvalue weighted by Crippen LogP contribution is 2.21. The molecule has 0 saturated heterocycles. The van der Waals surface area contributed by atoms with E-state index < -0.39 is 6.10 Å². The molecule has 1 aliphatic rings. The number of ether oxygens (including phenoxy) is 1. The molecule has 0 aliphatic carbocycles. The summed E-state index contributed by atoms with van der Waals surface area (Å²) in [6.45, 7) is 7.81. The van der Waals surface area contributed by atoms with E-state index >= 15 is 0 Å². The van der Waals surface area contributed by atoms with Crippen molar-refractivity contribution in [2.45, 2.75) is 200 Å². The van der Waals surface area contributed by atoms with Crippen LogP contribution in [-0.4, -0.2) is 36.8 Å². The van der Waals surface area contributed by atoms with Crippen molar-refractivity contribution in [1.82, 2.24) is 5.32 Å². The summed E-state index contributed by atoms with van der Waals surface area (Å²) in [7, 11) is 0. The van der Waals surface area contributed by atoms with Crippen molar-refractivity contribution < 1.29 is 14.3 Å². The maximum atomic E-state index is 13.2. The third kappa shape index (κ3) is 21.3. The molecule has 1 heterocycles. The van der Waals surface area contributed by atoms with Crippen molar-refractivity contribution in [2.24, 2.45) is 10.9 Å². The molecule has 0 fully saturated rings. The molecule has 0 radical (unpaired) electrons. The Bertz CT molecular complexity index is 678. The summed E-state index contributed by atoms with van der Waals surface area (Å²) in [5.41, 5.74) is 0. The fourth-order valence-corrected chi connectivity index (χ4v) is 6.16. The molecule has 2 unspecified atom stereocenters. The van der Waals surface area contributed by atoms with Gasteiger partial charge in [-0.05, 0) is 19.8 Å². The zero-order valence-corrected chi connectivity index (χ0v) is 28.3. The van der Waals surface area contributed by atoms with E-state index in [-0.39, 0.29) is 17.7 Å². The first kappa shape index (κ1) is 38.6. The smallest absolute Gasteiger partial charge is 0.306 e. The molecule has 0 saturated carbocycles. The van der Waals surface area contributed by atoms with Gasteiger partial charge in [-0.15, -0.1) is 0 Å². The molecule has 2 atom stereocenters. The summed E-state index contributed by atoms with van der Waals surface area (Å²) in [5, 5.41) is 3.13. The molecule has 0 aromatic heterocycles. The summed E-state index contributed by atoms with van der Waals surface area (Å²) in [6.07, 6.45) is 33.2. The summed E-state index contributed by atoms with van der Waals surface area (Å²) < 4.78 is 5.81. The van der Waals surface area contributed by atoms with Crippen molar-refractivity contribution >= 4 is 17.6 Å². The van der Waals surface area contributed by atoms with Gasteiger partial charge in [-0.25, -0.2) is 0 Å². The predicted octanol–water partition coefficient (Wildman–Crippen LogP) is 10.7. The second-order valence-corrected chi connectivity index (χ2v) is 13.0. The van der Waals surface area contributed by atoms with Crippen molar-refractivity contribution in [1.29, 1.82) is 0 Å². The minimum Gasteiger partial charge on any atom is -0.462 e. The van der Waals surface area contributed by atoms with Crippen LogP contribution < -0.4 is 5.32 Å². The van der Waals surface area contributed by atoms with Crippen LogP contribution in [0.15, 0.2) is 4.99 Å². The summed E-state index contributed by atoms with van der Waals surface area (Å²) in [4.78, 5) is 30.1. The van der Waals surface area contributed by atoms with Crippen LogP contribution in [0.1, 0.15) is 194 Å².